The summed E-state index contributed by atoms with van der Waals surface area (Å²) < 4.78 is 5.54. The van der Waals surface area contributed by atoms with Crippen molar-refractivity contribution < 1.29 is 9.53 Å². The van der Waals surface area contributed by atoms with Gasteiger partial charge in [0.25, 0.3) is 5.91 Å². The Labute approximate surface area is 191 Å². The Kier molecular flexibility index (Phi) is 9.28. The number of nitrogens with one attached hydrogen (secondary N) is 1. The molecule has 0 radical (unpaired) electrons. The van der Waals surface area contributed by atoms with Gasteiger partial charge in [-0.25, -0.2) is 0 Å². The van der Waals surface area contributed by atoms with Crippen molar-refractivity contribution in [1.29, 1.82) is 0 Å². The van der Waals surface area contributed by atoms with E-state index in [4.69, 9.17) is 4.74 Å². The molecule has 1 atom stereocenters. The van der Waals surface area contributed by atoms with Crippen LogP contribution in [0.15, 0.2) is 48.5 Å². The number of methoxy groups -OCH3 is 1. The standard InChI is InChI=1S/C23H29N3O2.2ClH/c1-28-22-8-4-3-7-20(22)21-17-24-13-16-26(21)23(27)18-9-11-19(12-10-18)25-14-5-2-6-15-25;;/h3-4,7-12,21,24H,2,5-6,13-17H2,1H3;2*1H. The van der Waals surface area contributed by atoms with Crippen molar-refractivity contribution >= 4 is 36.4 Å². The smallest absolute Gasteiger partial charge is 0.254 e. The average Bonchev–Trinajstić information content (AvgIpc) is 2.79. The molecule has 2 aliphatic rings. The molecule has 2 aliphatic heterocycles. The number of amides is 1. The molecule has 4 rings (SSSR count). The number of nitrogens with zero attached hydrogens (tertiary/aromatic N) is 2. The van der Waals surface area contributed by atoms with Crippen LogP contribution in [-0.4, -0.2) is 50.6 Å². The number of para-hydroxylation sites is 1. The van der Waals surface area contributed by atoms with Crippen LogP contribution >= 0.6 is 24.8 Å². The second kappa shape index (κ2) is 11.4. The van der Waals surface area contributed by atoms with Gasteiger partial charge >= 0.3 is 0 Å². The summed E-state index contributed by atoms with van der Waals surface area (Å²) in [6.45, 7) is 4.46. The lowest BCUT2D eigenvalue weighted by molar-refractivity contribution is 0.0631. The van der Waals surface area contributed by atoms with E-state index in [1.165, 1.54) is 24.9 Å². The van der Waals surface area contributed by atoms with Gasteiger partial charge in [-0.2, -0.15) is 0 Å². The van der Waals surface area contributed by atoms with Crippen molar-refractivity contribution in [2.24, 2.45) is 0 Å². The van der Waals surface area contributed by atoms with Crippen molar-refractivity contribution in [2.75, 3.05) is 44.7 Å². The zero-order valence-corrected chi connectivity index (χ0v) is 19.0. The summed E-state index contributed by atoms with van der Waals surface area (Å²) in [7, 11) is 1.68. The topological polar surface area (TPSA) is 44.8 Å². The Hall–Kier alpha value is -1.95. The van der Waals surface area contributed by atoms with Gasteiger partial charge in [0, 0.05) is 49.5 Å². The van der Waals surface area contributed by atoms with Crippen molar-refractivity contribution in [3.63, 3.8) is 0 Å². The average molecular weight is 452 g/mol. The molecular formula is C23H31Cl2N3O2. The number of carbonyl (C=O) groups is 1. The monoisotopic (exact) mass is 451 g/mol. The third-order valence-corrected chi connectivity index (χ3v) is 5.84. The first-order chi connectivity index (χ1) is 13.8. The number of rotatable bonds is 4. The van der Waals surface area contributed by atoms with Crippen molar-refractivity contribution in [1.82, 2.24) is 10.2 Å². The molecule has 7 heteroatoms. The molecule has 2 heterocycles. The van der Waals surface area contributed by atoms with Crippen molar-refractivity contribution in [2.45, 2.75) is 25.3 Å². The zero-order chi connectivity index (χ0) is 19.3. The minimum atomic E-state index is -0.0285. The number of anilines is 1. The lowest BCUT2D eigenvalue weighted by Crippen LogP contribution is -2.48. The fraction of sp³-hybridized carbons (Fsp3) is 0.435. The molecule has 1 N–H and O–H groups in total. The van der Waals surface area contributed by atoms with Crippen LogP contribution in [0.2, 0.25) is 0 Å². The second-order valence-electron chi connectivity index (χ2n) is 7.56. The number of hydrogen-bond acceptors (Lipinski definition) is 4. The molecule has 1 amide bonds. The molecule has 0 aromatic heterocycles. The summed E-state index contributed by atoms with van der Waals surface area (Å²) in [4.78, 5) is 17.7. The van der Waals surface area contributed by atoms with Crippen LogP contribution in [0.4, 0.5) is 5.69 Å². The van der Waals surface area contributed by atoms with E-state index in [0.29, 0.717) is 6.54 Å². The predicted molar refractivity (Wildman–Crippen MR) is 127 cm³/mol. The number of carbonyl (C=O) groups excluding carboxylic acids is 1. The zero-order valence-electron chi connectivity index (χ0n) is 17.4. The molecule has 1 unspecified atom stereocenters. The predicted octanol–water partition coefficient (Wildman–Crippen LogP) is 4.32. The van der Waals surface area contributed by atoms with Gasteiger partial charge in [-0.3, -0.25) is 4.79 Å². The molecule has 0 aliphatic carbocycles. The maximum Gasteiger partial charge on any atom is 0.254 e. The first kappa shape index (κ1) is 24.3. The highest BCUT2D eigenvalue weighted by Gasteiger charge is 2.30. The van der Waals surface area contributed by atoms with Crippen LogP contribution in [-0.2, 0) is 0 Å². The van der Waals surface area contributed by atoms with Crippen molar-refractivity contribution in [3.8, 4) is 5.75 Å². The quantitative estimate of drug-likeness (QED) is 0.751. The Bertz CT molecular complexity index is 810. The summed E-state index contributed by atoms with van der Waals surface area (Å²) in [5.74, 6) is 0.914. The van der Waals surface area contributed by atoms with E-state index < -0.39 is 0 Å². The van der Waals surface area contributed by atoms with Crippen LogP contribution in [0, 0.1) is 0 Å². The first-order valence-corrected chi connectivity index (χ1v) is 10.3. The van der Waals surface area contributed by atoms with Gasteiger partial charge in [0.2, 0.25) is 0 Å². The van der Waals surface area contributed by atoms with Crippen LogP contribution in [0.1, 0.15) is 41.2 Å². The second-order valence-corrected chi connectivity index (χ2v) is 7.56. The molecular weight excluding hydrogens is 421 g/mol. The molecule has 5 nitrogen and oxygen atoms in total. The Morgan fingerprint density at radius 2 is 1.67 bits per heavy atom. The van der Waals surface area contributed by atoms with Crippen LogP contribution in [0.25, 0.3) is 0 Å². The lowest BCUT2D eigenvalue weighted by Gasteiger charge is -2.37. The summed E-state index contributed by atoms with van der Waals surface area (Å²) in [5.41, 5.74) is 3.02. The molecule has 164 valence electrons. The van der Waals surface area contributed by atoms with Gasteiger partial charge in [0.05, 0.1) is 13.2 Å². The molecule has 2 aromatic rings. The fourth-order valence-electron chi connectivity index (χ4n) is 4.30. The van der Waals surface area contributed by atoms with E-state index in [1.54, 1.807) is 7.11 Å². The van der Waals surface area contributed by atoms with Gasteiger partial charge in [-0.1, -0.05) is 18.2 Å². The molecule has 2 fully saturated rings. The van der Waals surface area contributed by atoms with E-state index in [2.05, 4.69) is 28.4 Å². The summed E-state index contributed by atoms with van der Waals surface area (Å²) in [6.07, 6.45) is 3.82. The normalized spacial score (nSPS) is 18.8. The molecule has 0 spiro atoms. The minimum absolute atomic E-state index is 0. The van der Waals surface area contributed by atoms with Gasteiger partial charge in [0.15, 0.2) is 0 Å². The fourth-order valence-corrected chi connectivity index (χ4v) is 4.30. The number of piperidine rings is 1. The van der Waals surface area contributed by atoms with Gasteiger partial charge in [-0.05, 0) is 49.6 Å². The molecule has 0 saturated carbocycles. The van der Waals surface area contributed by atoms with Gasteiger partial charge in [0.1, 0.15) is 5.75 Å². The highest BCUT2D eigenvalue weighted by atomic mass is 35.5. The number of benzene rings is 2. The number of ether oxygens (including phenoxy) is 1. The van der Waals surface area contributed by atoms with E-state index in [1.807, 2.05) is 35.2 Å². The van der Waals surface area contributed by atoms with Crippen LogP contribution in [0.3, 0.4) is 0 Å². The lowest BCUT2D eigenvalue weighted by atomic mass is 10.0. The summed E-state index contributed by atoms with van der Waals surface area (Å²) in [5, 5.41) is 3.42. The Morgan fingerprint density at radius 3 is 2.37 bits per heavy atom. The van der Waals surface area contributed by atoms with Crippen LogP contribution < -0.4 is 15.0 Å². The number of piperazine rings is 1. The maximum absolute atomic E-state index is 13.3. The van der Waals surface area contributed by atoms with Gasteiger partial charge in [-0.15, -0.1) is 24.8 Å². The Balaban J connectivity index is 0.00000160. The molecule has 0 bridgehead atoms. The molecule has 30 heavy (non-hydrogen) atoms. The van der Waals surface area contributed by atoms with E-state index in [9.17, 15) is 4.79 Å². The third kappa shape index (κ3) is 5.20. The van der Waals surface area contributed by atoms with E-state index in [-0.39, 0.29) is 36.8 Å². The highest BCUT2D eigenvalue weighted by molar-refractivity contribution is 5.95. The SMILES string of the molecule is COc1ccccc1C1CNCCN1C(=O)c1ccc(N2CCCCC2)cc1.Cl.Cl. The first-order valence-electron chi connectivity index (χ1n) is 10.3. The number of hydrogen-bond donors (Lipinski definition) is 1. The Morgan fingerprint density at radius 1 is 0.967 bits per heavy atom. The van der Waals surface area contributed by atoms with Crippen molar-refractivity contribution in [3.05, 3.63) is 59.7 Å². The van der Waals surface area contributed by atoms with Crippen LogP contribution in [0.5, 0.6) is 5.75 Å². The third-order valence-electron chi connectivity index (χ3n) is 5.84. The van der Waals surface area contributed by atoms with E-state index in [0.717, 1.165) is 43.1 Å². The van der Waals surface area contributed by atoms with Gasteiger partial charge < -0.3 is 19.9 Å². The minimum Gasteiger partial charge on any atom is -0.496 e. The van der Waals surface area contributed by atoms with E-state index >= 15 is 0 Å². The highest BCUT2D eigenvalue weighted by Crippen LogP contribution is 2.31. The maximum atomic E-state index is 13.3. The molecule has 2 aromatic carbocycles. The number of halogens is 2. The molecule has 2 saturated heterocycles. The largest absolute Gasteiger partial charge is 0.496 e. The summed E-state index contributed by atoms with van der Waals surface area (Å²) in [6, 6.07) is 16.1. The summed E-state index contributed by atoms with van der Waals surface area (Å²) >= 11 is 0.